The molecule has 0 fully saturated rings. The first-order valence-electron chi connectivity index (χ1n) is 7.48. The van der Waals surface area contributed by atoms with Gasteiger partial charge in [-0.2, -0.15) is 0 Å². The molecule has 0 heterocycles. The van der Waals surface area contributed by atoms with E-state index >= 15 is 0 Å². The summed E-state index contributed by atoms with van der Waals surface area (Å²) in [6, 6.07) is 4.20. The maximum Gasteiger partial charge on any atom is 0.225 e. The zero-order chi connectivity index (χ0) is 15.1. The number of benzene rings is 1. The Balaban J connectivity index is 2.39. The predicted molar refractivity (Wildman–Crippen MR) is 86.2 cm³/mol. The van der Waals surface area contributed by atoms with E-state index in [0.717, 1.165) is 36.3 Å². The molecule has 0 spiro atoms. The third-order valence-electron chi connectivity index (χ3n) is 3.37. The lowest BCUT2D eigenvalue weighted by Gasteiger charge is -2.13. The van der Waals surface area contributed by atoms with E-state index in [-0.39, 0.29) is 5.91 Å². The molecule has 20 heavy (non-hydrogen) atoms. The molecule has 0 atom stereocenters. The second kappa shape index (κ2) is 8.05. The highest BCUT2D eigenvalue weighted by molar-refractivity contribution is 5.92. The van der Waals surface area contributed by atoms with Crippen molar-refractivity contribution in [3.63, 3.8) is 0 Å². The number of amides is 1. The molecule has 0 saturated carbocycles. The fourth-order valence-electron chi connectivity index (χ4n) is 2.30. The van der Waals surface area contributed by atoms with E-state index in [0.29, 0.717) is 12.3 Å². The van der Waals surface area contributed by atoms with Crippen LogP contribution < -0.4 is 10.6 Å². The summed E-state index contributed by atoms with van der Waals surface area (Å²) in [5.74, 6) is 0.784. The van der Waals surface area contributed by atoms with Crippen molar-refractivity contribution in [2.75, 3.05) is 18.4 Å². The minimum absolute atomic E-state index is 0.0806. The average molecular weight is 276 g/mol. The van der Waals surface area contributed by atoms with E-state index in [9.17, 15) is 4.79 Å². The van der Waals surface area contributed by atoms with Gasteiger partial charge < -0.3 is 10.6 Å². The van der Waals surface area contributed by atoms with Gasteiger partial charge in [-0.05, 0) is 50.8 Å². The van der Waals surface area contributed by atoms with Crippen LogP contribution in [0.5, 0.6) is 0 Å². The van der Waals surface area contributed by atoms with Gasteiger partial charge in [0.25, 0.3) is 0 Å². The van der Waals surface area contributed by atoms with Crippen LogP contribution in [0.25, 0.3) is 0 Å². The SMILES string of the molecule is Cc1cc(C)c(NC(=O)CCNCCC(C)C)c(C)c1. The number of rotatable bonds is 7. The Morgan fingerprint density at radius 1 is 1.10 bits per heavy atom. The van der Waals surface area contributed by atoms with Crippen LogP contribution in [0.1, 0.15) is 43.4 Å². The molecule has 0 radical (unpaired) electrons. The van der Waals surface area contributed by atoms with Gasteiger partial charge in [0.05, 0.1) is 0 Å². The Kier molecular flexibility index (Phi) is 6.73. The Labute approximate surface area is 123 Å². The number of nitrogens with one attached hydrogen (secondary N) is 2. The second-order valence-electron chi connectivity index (χ2n) is 6.00. The highest BCUT2D eigenvalue weighted by Gasteiger charge is 2.07. The fraction of sp³-hybridized carbons (Fsp3) is 0.588. The van der Waals surface area contributed by atoms with E-state index < -0.39 is 0 Å². The lowest BCUT2D eigenvalue weighted by Crippen LogP contribution is -2.23. The quantitative estimate of drug-likeness (QED) is 0.747. The van der Waals surface area contributed by atoms with Crippen molar-refractivity contribution in [2.45, 2.75) is 47.5 Å². The number of anilines is 1. The van der Waals surface area contributed by atoms with Crippen LogP contribution >= 0.6 is 0 Å². The molecule has 0 aliphatic rings. The highest BCUT2D eigenvalue weighted by Crippen LogP contribution is 2.21. The molecule has 2 N–H and O–H groups in total. The molecular formula is C17H28N2O. The third kappa shape index (κ3) is 5.74. The minimum atomic E-state index is 0.0806. The van der Waals surface area contributed by atoms with Crippen molar-refractivity contribution in [1.82, 2.24) is 5.32 Å². The maximum absolute atomic E-state index is 11.9. The number of aryl methyl sites for hydroxylation is 3. The summed E-state index contributed by atoms with van der Waals surface area (Å²) < 4.78 is 0. The van der Waals surface area contributed by atoms with Crippen molar-refractivity contribution in [3.05, 3.63) is 28.8 Å². The number of carbonyl (C=O) groups is 1. The van der Waals surface area contributed by atoms with Crippen LogP contribution in [0.3, 0.4) is 0 Å². The lowest BCUT2D eigenvalue weighted by atomic mass is 10.1. The molecule has 112 valence electrons. The fourth-order valence-corrected chi connectivity index (χ4v) is 2.30. The molecule has 3 heteroatoms. The molecule has 0 bridgehead atoms. The van der Waals surface area contributed by atoms with Gasteiger partial charge in [0, 0.05) is 18.7 Å². The van der Waals surface area contributed by atoms with E-state index in [2.05, 4.69) is 43.5 Å². The molecule has 0 aliphatic heterocycles. The predicted octanol–water partition coefficient (Wildman–Crippen LogP) is 3.58. The first-order valence-corrected chi connectivity index (χ1v) is 7.48. The molecule has 0 aliphatic carbocycles. The summed E-state index contributed by atoms with van der Waals surface area (Å²) in [5.41, 5.74) is 4.45. The standard InChI is InChI=1S/C17H28N2O/c1-12(2)6-8-18-9-7-16(20)19-17-14(4)10-13(3)11-15(17)5/h10-12,18H,6-9H2,1-5H3,(H,19,20). The Morgan fingerprint density at radius 2 is 1.70 bits per heavy atom. The number of hydrogen-bond donors (Lipinski definition) is 2. The third-order valence-corrected chi connectivity index (χ3v) is 3.37. The van der Waals surface area contributed by atoms with Crippen molar-refractivity contribution in [1.29, 1.82) is 0 Å². The minimum Gasteiger partial charge on any atom is -0.326 e. The van der Waals surface area contributed by atoms with Crippen molar-refractivity contribution in [2.24, 2.45) is 5.92 Å². The van der Waals surface area contributed by atoms with E-state index in [1.807, 2.05) is 13.8 Å². The first kappa shape index (κ1) is 16.7. The highest BCUT2D eigenvalue weighted by atomic mass is 16.1. The van der Waals surface area contributed by atoms with Crippen LogP contribution in [-0.4, -0.2) is 19.0 Å². The molecule has 1 rings (SSSR count). The summed E-state index contributed by atoms with van der Waals surface area (Å²) >= 11 is 0. The van der Waals surface area contributed by atoms with Crippen LogP contribution in [-0.2, 0) is 4.79 Å². The molecule has 0 saturated heterocycles. The Hall–Kier alpha value is -1.35. The van der Waals surface area contributed by atoms with Gasteiger partial charge in [-0.15, -0.1) is 0 Å². The average Bonchev–Trinajstić information content (AvgIpc) is 2.33. The normalized spacial score (nSPS) is 10.9. The summed E-state index contributed by atoms with van der Waals surface area (Å²) in [5, 5.41) is 6.34. The van der Waals surface area contributed by atoms with Crippen LogP contribution in [0.15, 0.2) is 12.1 Å². The van der Waals surface area contributed by atoms with Gasteiger partial charge >= 0.3 is 0 Å². The second-order valence-corrected chi connectivity index (χ2v) is 6.00. The topological polar surface area (TPSA) is 41.1 Å². The van der Waals surface area contributed by atoms with Gasteiger partial charge in [0.15, 0.2) is 0 Å². The van der Waals surface area contributed by atoms with Gasteiger partial charge in [-0.3, -0.25) is 4.79 Å². The van der Waals surface area contributed by atoms with Crippen molar-refractivity contribution < 1.29 is 4.79 Å². The zero-order valence-corrected chi connectivity index (χ0v) is 13.5. The molecule has 1 aromatic carbocycles. The Bertz CT molecular complexity index is 429. The maximum atomic E-state index is 11.9. The molecular weight excluding hydrogens is 248 g/mol. The van der Waals surface area contributed by atoms with E-state index in [1.165, 1.54) is 5.56 Å². The monoisotopic (exact) mass is 276 g/mol. The smallest absolute Gasteiger partial charge is 0.225 e. The first-order chi connectivity index (χ1) is 9.40. The van der Waals surface area contributed by atoms with E-state index in [1.54, 1.807) is 0 Å². The molecule has 1 amide bonds. The van der Waals surface area contributed by atoms with E-state index in [4.69, 9.17) is 0 Å². The largest absolute Gasteiger partial charge is 0.326 e. The number of hydrogen-bond acceptors (Lipinski definition) is 2. The summed E-state index contributed by atoms with van der Waals surface area (Å²) in [4.78, 5) is 11.9. The summed E-state index contributed by atoms with van der Waals surface area (Å²) in [6.45, 7) is 12.3. The summed E-state index contributed by atoms with van der Waals surface area (Å²) in [6.07, 6.45) is 1.67. The van der Waals surface area contributed by atoms with Gasteiger partial charge in [-0.1, -0.05) is 31.5 Å². The lowest BCUT2D eigenvalue weighted by molar-refractivity contribution is -0.116. The Morgan fingerprint density at radius 3 is 2.25 bits per heavy atom. The van der Waals surface area contributed by atoms with Crippen LogP contribution in [0.2, 0.25) is 0 Å². The molecule has 0 unspecified atom stereocenters. The van der Waals surface area contributed by atoms with Gasteiger partial charge in [-0.25, -0.2) is 0 Å². The van der Waals surface area contributed by atoms with Crippen LogP contribution in [0, 0.1) is 26.7 Å². The van der Waals surface area contributed by atoms with Gasteiger partial charge in [0.1, 0.15) is 0 Å². The molecule has 1 aromatic rings. The van der Waals surface area contributed by atoms with Gasteiger partial charge in [0.2, 0.25) is 5.91 Å². The molecule has 0 aromatic heterocycles. The van der Waals surface area contributed by atoms with Crippen LogP contribution in [0.4, 0.5) is 5.69 Å². The number of carbonyl (C=O) groups excluding carboxylic acids is 1. The molecule has 3 nitrogen and oxygen atoms in total. The van der Waals surface area contributed by atoms with Crippen molar-refractivity contribution >= 4 is 11.6 Å². The summed E-state index contributed by atoms with van der Waals surface area (Å²) in [7, 11) is 0. The van der Waals surface area contributed by atoms with Crippen molar-refractivity contribution in [3.8, 4) is 0 Å². The zero-order valence-electron chi connectivity index (χ0n) is 13.5.